The van der Waals surface area contributed by atoms with Gasteiger partial charge in [0.1, 0.15) is 0 Å². The fourth-order valence-corrected chi connectivity index (χ4v) is 2.11. The molecule has 0 radical (unpaired) electrons. The molecule has 1 saturated carbocycles. The second kappa shape index (κ2) is 3.56. The first kappa shape index (κ1) is 9.44. The Labute approximate surface area is 83.6 Å². The molecular weight excluding hydrogens is 179 g/mol. The van der Waals surface area contributed by atoms with Crippen molar-refractivity contribution < 1.29 is 4.39 Å². The number of hydrogen-bond acceptors (Lipinski definition) is 2. The maximum Gasteiger partial charge on any atom is 0.214 e. The summed E-state index contributed by atoms with van der Waals surface area (Å²) in [5.74, 6) is -0.420. The van der Waals surface area contributed by atoms with E-state index in [9.17, 15) is 4.39 Å². The molecule has 1 N–H and O–H groups in total. The predicted octanol–water partition coefficient (Wildman–Crippen LogP) is 2.97. The van der Waals surface area contributed by atoms with Crippen LogP contribution in [0, 0.1) is 5.95 Å². The number of aromatic nitrogens is 1. The van der Waals surface area contributed by atoms with Gasteiger partial charge >= 0.3 is 0 Å². The van der Waals surface area contributed by atoms with E-state index < -0.39 is 5.95 Å². The third kappa shape index (κ3) is 2.03. The molecule has 3 heteroatoms. The third-order valence-corrected chi connectivity index (χ3v) is 2.88. The van der Waals surface area contributed by atoms with Crippen LogP contribution >= 0.6 is 0 Å². The van der Waals surface area contributed by atoms with Crippen molar-refractivity contribution >= 4 is 5.69 Å². The van der Waals surface area contributed by atoms with E-state index in [1.165, 1.54) is 25.1 Å². The molecule has 1 aromatic rings. The average Bonchev–Trinajstić information content (AvgIpc) is 2.51. The topological polar surface area (TPSA) is 24.9 Å². The van der Waals surface area contributed by atoms with E-state index in [2.05, 4.69) is 17.2 Å². The standard InChI is InChI=1S/C11H15FN2/c1-11(5-2-3-6-11)14-9-4-7-13-10(12)8-9/h4,7-8H,2-3,5-6H2,1H3,(H,13,14). The van der Waals surface area contributed by atoms with Gasteiger partial charge in [-0.25, -0.2) is 4.98 Å². The molecule has 0 saturated heterocycles. The van der Waals surface area contributed by atoms with Gasteiger partial charge in [-0.05, 0) is 25.8 Å². The molecule has 0 aliphatic heterocycles. The largest absolute Gasteiger partial charge is 0.380 e. The molecule has 1 aromatic heterocycles. The Morgan fingerprint density at radius 3 is 2.79 bits per heavy atom. The zero-order valence-electron chi connectivity index (χ0n) is 8.39. The Morgan fingerprint density at radius 1 is 1.43 bits per heavy atom. The second-order valence-corrected chi connectivity index (χ2v) is 4.26. The monoisotopic (exact) mass is 194 g/mol. The van der Waals surface area contributed by atoms with Crippen LogP contribution in [0.5, 0.6) is 0 Å². The van der Waals surface area contributed by atoms with Gasteiger partial charge in [-0.3, -0.25) is 0 Å². The first-order valence-electron chi connectivity index (χ1n) is 5.08. The molecule has 0 bridgehead atoms. The first-order valence-corrected chi connectivity index (χ1v) is 5.08. The van der Waals surface area contributed by atoms with Gasteiger partial charge in [-0.2, -0.15) is 4.39 Å². The van der Waals surface area contributed by atoms with Crippen LogP contribution < -0.4 is 5.32 Å². The SMILES string of the molecule is CC1(Nc2ccnc(F)c2)CCCC1. The average molecular weight is 194 g/mol. The molecule has 1 heterocycles. The van der Waals surface area contributed by atoms with Gasteiger partial charge in [-0.15, -0.1) is 0 Å². The zero-order chi connectivity index (χ0) is 10.0. The van der Waals surface area contributed by atoms with Crippen LogP contribution in [-0.2, 0) is 0 Å². The number of nitrogens with zero attached hydrogens (tertiary/aromatic N) is 1. The highest BCUT2D eigenvalue weighted by atomic mass is 19.1. The highest BCUT2D eigenvalue weighted by molar-refractivity contribution is 5.44. The lowest BCUT2D eigenvalue weighted by molar-refractivity contribution is 0.531. The van der Waals surface area contributed by atoms with Crippen LogP contribution in [0.2, 0.25) is 0 Å². The van der Waals surface area contributed by atoms with E-state index in [4.69, 9.17) is 0 Å². The van der Waals surface area contributed by atoms with Crippen molar-refractivity contribution in [3.05, 3.63) is 24.3 Å². The predicted molar refractivity (Wildman–Crippen MR) is 54.7 cm³/mol. The van der Waals surface area contributed by atoms with Crippen LogP contribution in [0.1, 0.15) is 32.6 Å². The van der Waals surface area contributed by atoms with Crippen molar-refractivity contribution in [2.24, 2.45) is 0 Å². The number of anilines is 1. The van der Waals surface area contributed by atoms with Gasteiger partial charge in [0.25, 0.3) is 0 Å². The van der Waals surface area contributed by atoms with Crippen LogP contribution in [-0.4, -0.2) is 10.5 Å². The summed E-state index contributed by atoms with van der Waals surface area (Å²) in [6.45, 7) is 2.19. The third-order valence-electron chi connectivity index (χ3n) is 2.88. The lowest BCUT2D eigenvalue weighted by Gasteiger charge is -2.26. The summed E-state index contributed by atoms with van der Waals surface area (Å²) in [5.41, 5.74) is 0.982. The first-order chi connectivity index (χ1) is 6.68. The normalized spacial score (nSPS) is 19.6. The van der Waals surface area contributed by atoms with E-state index in [1.54, 1.807) is 0 Å². The van der Waals surface area contributed by atoms with Crippen molar-refractivity contribution in [3.8, 4) is 0 Å². The summed E-state index contributed by atoms with van der Waals surface area (Å²) in [7, 11) is 0. The minimum absolute atomic E-state index is 0.147. The summed E-state index contributed by atoms with van der Waals surface area (Å²) >= 11 is 0. The highest BCUT2D eigenvalue weighted by Crippen LogP contribution is 2.32. The quantitative estimate of drug-likeness (QED) is 0.732. The minimum Gasteiger partial charge on any atom is -0.380 e. The van der Waals surface area contributed by atoms with Gasteiger partial charge in [0.15, 0.2) is 0 Å². The Hall–Kier alpha value is -1.12. The maximum atomic E-state index is 12.8. The minimum atomic E-state index is -0.420. The van der Waals surface area contributed by atoms with Gasteiger partial charge < -0.3 is 5.32 Å². The van der Waals surface area contributed by atoms with Crippen molar-refractivity contribution in [2.45, 2.75) is 38.1 Å². The van der Waals surface area contributed by atoms with Crippen LogP contribution in [0.15, 0.2) is 18.3 Å². The van der Waals surface area contributed by atoms with Crippen molar-refractivity contribution in [1.29, 1.82) is 0 Å². The molecular formula is C11H15FN2. The Kier molecular flexibility index (Phi) is 2.40. The van der Waals surface area contributed by atoms with Gasteiger partial charge in [0.2, 0.25) is 5.95 Å². The highest BCUT2D eigenvalue weighted by Gasteiger charge is 2.28. The van der Waals surface area contributed by atoms with E-state index in [-0.39, 0.29) is 5.54 Å². The smallest absolute Gasteiger partial charge is 0.214 e. The summed E-state index contributed by atoms with van der Waals surface area (Å²) in [6.07, 6.45) is 6.35. The van der Waals surface area contributed by atoms with E-state index in [0.29, 0.717) is 0 Å². The van der Waals surface area contributed by atoms with Crippen molar-refractivity contribution in [1.82, 2.24) is 4.98 Å². The molecule has 0 aromatic carbocycles. The van der Waals surface area contributed by atoms with Gasteiger partial charge in [-0.1, -0.05) is 12.8 Å². The number of halogens is 1. The summed E-state index contributed by atoms with van der Waals surface area (Å²) in [5, 5.41) is 3.38. The number of nitrogens with one attached hydrogen (secondary N) is 1. The fraction of sp³-hybridized carbons (Fsp3) is 0.545. The number of hydrogen-bond donors (Lipinski definition) is 1. The van der Waals surface area contributed by atoms with E-state index in [0.717, 1.165) is 18.5 Å². The number of rotatable bonds is 2. The van der Waals surface area contributed by atoms with Crippen molar-refractivity contribution in [3.63, 3.8) is 0 Å². The van der Waals surface area contributed by atoms with Crippen LogP contribution in [0.4, 0.5) is 10.1 Å². The molecule has 1 fully saturated rings. The molecule has 1 aliphatic carbocycles. The van der Waals surface area contributed by atoms with Gasteiger partial charge in [0, 0.05) is 23.5 Å². The molecule has 14 heavy (non-hydrogen) atoms. The lowest BCUT2D eigenvalue weighted by Crippen LogP contribution is -2.30. The molecule has 2 rings (SSSR count). The Morgan fingerprint density at radius 2 is 2.14 bits per heavy atom. The fourth-order valence-electron chi connectivity index (χ4n) is 2.11. The molecule has 0 spiro atoms. The van der Waals surface area contributed by atoms with E-state index in [1.807, 2.05) is 6.07 Å². The Balaban J connectivity index is 2.10. The summed E-state index contributed by atoms with van der Waals surface area (Å²) in [6, 6.07) is 3.26. The molecule has 2 nitrogen and oxygen atoms in total. The van der Waals surface area contributed by atoms with Gasteiger partial charge in [0.05, 0.1) is 0 Å². The molecule has 0 amide bonds. The zero-order valence-corrected chi connectivity index (χ0v) is 8.39. The molecule has 0 atom stereocenters. The second-order valence-electron chi connectivity index (χ2n) is 4.26. The molecule has 76 valence electrons. The number of pyridine rings is 1. The summed E-state index contributed by atoms with van der Waals surface area (Å²) in [4.78, 5) is 3.53. The summed E-state index contributed by atoms with van der Waals surface area (Å²) < 4.78 is 12.8. The van der Waals surface area contributed by atoms with Crippen LogP contribution in [0.25, 0.3) is 0 Å². The lowest BCUT2D eigenvalue weighted by atomic mass is 10.0. The van der Waals surface area contributed by atoms with E-state index >= 15 is 0 Å². The van der Waals surface area contributed by atoms with Crippen molar-refractivity contribution in [2.75, 3.05) is 5.32 Å². The molecule has 1 aliphatic rings. The van der Waals surface area contributed by atoms with Crippen LogP contribution in [0.3, 0.4) is 0 Å². The Bertz CT molecular complexity index is 319. The molecule has 0 unspecified atom stereocenters. The maximum absolute atomic E-state index is 12.8.